The van der Waals surface area contributed by atoms with Crippen LogP contribution in [-0.2, 0) is 0 Å². The summed E-state index contributed by atoms with van der Waals surface area (Å²) in [6.45, 7) is 1.84. The zero-order chi connectivity index (χ0) is 15.7. The van der Waals surface area contributed by atoms with E-state index in [0.29, 0.717) is 15.6 Å². The van der Waals surface area contributed by atoms with Crippen LogP contribution in [0.25, 0.3) is 0 Å². The summed E-state index contributed by atoms with van der Waals surface area (Å²) in [5.41, 5.74) is 2.40. The first-order valence-corrected chi connectivity index (χ1v) is 7.99. The Hall–Kier alpha value is -1.58. The van der Waals surface area contributed by atoms with Crippen molar-refractivity contribution in [1.82, 2.24) is 10.3 Å². The molecule has 0 spiro atoms. The lowest BCUT2D eigenvalue weighted by atomic mass is 9.75. The first-order chi connectivity index (χ1) is 10.6. The molecule has 1 heterocycles. The fraction of sp³-hybridized carbons (Fsp3) is 0.294. The van der Waals surface area contributed by atoms with Crippen LogP contribution in [0, 0.1) is 6.92 Å². The summed E-state index contributed by atoms with van der Waals surface area (Å²) in [6, 6.07) is 9.21. The van der Waals surface area contributed by atoms with Gasteiger partial charge >= 0.3 is 0 Å². The summed E-state index contributed by atoms with van der Waals surface area (Å²) in [5.74, 6) is 0.163. The number of benzene rings is 1. The molecule has 1 aromatic carbocycles. The average Bonchev–Trinajstić information content (AvgIpc) is 2.46. The summed E-state index contributed by atoms with van der Waals surface area (Å²) in [4.78, 5) is 16.5. The van der Waals surface area contributed by atoms with Crippen molar-refractivity contribution in [3.63, 3.8) is 0 Å². The number of nitrogens with zero attached hydrogens (tertiary/aromatic N) is 1. The minimum atomic E-state index is -0.0783. The highest BCUT2D eigenvalue weighted by Crippen LogP contribution is 2.40. The van der Waals surface area contributed by atoms with E-state index in [9.17, 15) is 4.79 Å². The number of aromatic nitrogens is 1. The predicted octanol–water partition coefficient (Wildman–Crippen LogP) is 4.37. The molecule has 1 N–H and O–H groups in total. The highest BCUT2D eigenvalue weighted by Gasteiger charge is 2.34. The smallest absolute Gasteiger partial charge is 0.253 e. The zero-order valence-electron chi connectivity index (χ0n) is 12.1. The van der Waals surface area contributed by atoms with Crippen molar-refractivity contribution >= 4 is 29.1 Å². The first kappa shape index (κ1) is 15.3. The Morgan fingerprint density at radius 1 is 1.27 bits per heavy atom. The van der Waals surface area contributed by atoms with Gasteiger partial charge in [-0.15, -0.1) is 0 Å². The molecule has 1 saturated carbocycles. The fourth-order valence-electron chi connectivity index (χ4n) is 2.82. The van der Waals surface area contributed by atoms with Gasteiger partial charge in [-0.2, -0.15) is 0 Å². The van der Waals surface area contributed by atoms with Gasteiger partial charge in [0.1, 0.15) is 0 Å². The monoisotopic (exact) mass is 334 g/mol. The molecule has 1 aliphatic carbocycles. The van der Waals surface area contributed by atoms with Crippen molar-refractivity contribution < 1.29 is 4.79 Å². The van der Waals surface area contributed by atoms with Crippen molar-refractivity contribution in [1.29, 1.82) is 0 Å². The van der Waals surface area contributed by atoms with E-state index >= 15 is 0 Å². The van der Waals surface area contributed by atoms with E-state index < -0.39 is 0 Å². The first-order valence-electron chi connectivity index (χ1n) is 7.23. The van der Waals surface area contributed by atoms with Crippen LogP contribution in [0.15, 0.2) is 36.5 Å². The SMILES string of the molecule is Cc1ncccc1C(=O)NC1CCC1c1ccc(Cl)cc1Cl. The average molecular weight is 335 g/mol. The van der Waals surface area contributed by atoms with Gasteiger partial charge in [-0.3, -0.25) is 9.78 Å². The Bertz CT molecular complexity index is 718. The number of halogens is 2. The van der Waals surface area contributed by atoms with Crippen LogP contribution in [0.3, 0.4) is 0 Å². The third-order valence-electron chi connectivity index (χ3n) is 4.20. The molecule has 0 bridgehead atoms. The van der Waals surface area contributed by atoms with E-state index in [-0.39, 0.29) is 17.9 Å². The van der Waals surface area contributed by atoms with Crippen LogP contribution in [0.4, 0.5) is 0 Å². The molecule has 5 heteroatoms. The maximum atomic E-state index is 12.4. The quantitative estimate of drug-likeness (QED) is 0.905. The molecular formula is C17H16Cl2N2O. The number of carbonyl (C=O) groups excluding carboxylic acids is 1. The Morgan fingerprint density at radius 2 is 2.09 bits per heavy atom. The van der Waals surface area contributed by atoms with Crippen molar-refractivity contribution in [3.8, 4) is 0 Å². The topological polar surface area (TPSA) is 42.0 Å². The molecule has 3 rings (SSSR count). The lowest BCUT2D eigenvalue weighted by molar-refractivity contribution is 0.0903. The summed E-state index contributed by atoms with van der Waals surface area (Å²) < 4.78 is 0. The second-order valence-electron chi connectivity index (χ2n) is 5.57. The lowest BCUT2D eigenvalue weighted by Gasteiger charge is -2.38. The number of aryl methyl sites for hydroxylation is 1. The maximum absolute atomic E-state index is 12.4. The minimum Gasteiger partial charge on any atom is -0.349 e. The second-order valence-corrected chi connectivity index (χ2v) is 6.41. The Balaban J connectivity index is 1.74. The summed E-state index contributed by atoms with van der Waals surface area (Å²) >= 11 is 12.2. The minimum absolute atomic E-state index is 0.0783. The molecule has 22 heavy (non-hydrogen) atoms. The zero-order valence-corrected chi connectivity index (χ0v) is 13.7. The lowest BCUT2D eigenvalue weighted by Crippen LogP contribution is -2.45. The van der Waals surface area contributed by atoms with E-state index in [1.165, 1.54) is 0 Å². The van der Waals surface area contributed by atoms with Crippen LogP contribution < -0.4 is 5.32 Å². The van der Waals surface area contributed by atoms with Crippen LogP contribution in [0.2, 0.25) is 10.0 Å². The van der Waals surface area contributed by atoms with E-state index in [0.717, 1.165) is 24.1 Å². The molecule has 2 atom stereocenters. The maximum Gasteiger partial charge on any atom is 0.253 e. The van der Waals surface area contributed by atoms with E-state index in [4.69, 9.17) is 23.2 Å². The van der Waals surface area contributed by atoms with Gasteiger partial charge in [-0.05, 0) is 49.6 Å². The highest BCUT2D eigenvalue weighted by atomic mass is 35.5. The third kappa shape index (κ3) is 2.96. The van der Waals surface area contributed by atoms with E-state index in [2.05, 4.69) is 10.3 Å². The number of carbonyl (C=O) groups is 1. The molecule has 2 unspecified atom stereocenters. The number of rotatable bonds is 3. The van der Waals surface area contributed by atoms with Gasteiger partial charge in [0.15, 0.2) is 0 Å². The van der Waals surface area contributed by atoms with Gasteiger partial charge in [-0.1, -0.05) is 29.3 Å². The normalized spacial score (nSPS) is 20.3. The molecule has 1 aromatic heterocycles. The highest BCUT2D eigenvalue weighted by molar-refractivity contribution is 6.35. The van der Waals surface area contributed by atoms with Gasteiger partial charge in [0.25, 0.3) is 5.91 Å². The van der Waals surface area contributed by atoms with Gasteiger partial charge in [-0.25, -0.2) is 0 Å². The van der Waals surface area contributed by atoms with Crippen molar-refractivity contribution in [2.45, 2.75) is 31.7 Å². The largest absolute Gasteiger partial charge is 0.349 e. The Morgan fingerprint density at radius 3 is 2.73 bits per heavy atom. The molecule has 1 amide bonds. The van der Waals surface area contributed by atoms with Crippen LogP contribution in [0.5, 0.6) is 0 Å². The Kier molecular flexibility index (Phi) is 4.37. The molecule has 114 valence electrons. The molecule has 3 nitrogen and oxygen atoms in total. The van der Waals surface area contributed by atoms with E-state index in [1.54, 1.807) is 24.4 Å². The van der Waals surface area contributed by atoms with Crippen LogP contribution >= 0.6 is 23.2 Å². The molecule has 0 aliphatic heterocycles. The molecule has 0 saturated heterocycles. The molecule has 0 radical (unpaired) electrons. The molecular weight excluding hydrogens is 319 g/mol. The van der Waals surface area contributed by atoms with Crippen molar-refractivity contribution in [2.24, 2.45) is 0 Å². The summed E-state index contributed by atoms with van der Waals surface area (Å²) in [5, 5.41) is 4.38. The standard InChI is InChI=1S/C17H16Cl2N2O/c1-10-12(3-2-8-20-10)17(22)21-16-7-6-14(16)13-5-4-11(18)9-15(13)19/h2-5,8-9,14,16H,6-7H2,1H3,(H,21,22). The van der Waals surface area contributed by atoms with Gasteiger partial charge < -0.3 is 5.32 Å². The van der Waals surface area contributed by atoms with Crippen molar-refractivity contribution in [3.05, 3.63) is 63.4 Å². The second kappa shape index (κ2) is 6.27. The van der Waals surface area contributed by atoms with Gasteiger partial charge in [0.2, 0.25) is 0 Å². The van der Waals surface area contributed by atoms with Gasteiger partial charge in [0.05, 0.1) is 5.56 Å². The molecule has 2 aromatic rings. The third-order valence-corrected chi connectivity index (χ3v) is 4.77. The summed E-state index contributed by atoms with van der Waals surface area (Å²) in [6.07, 6.45) is 3.65. The number of nitrogens with one attached hydrogen (secondary N) is 1. The number of pyridine rings is 1. The van der Waals surface area contributed by atoms with Crippen LogP contribution in [-0.4, -0.2) is 16.9 Å². The number of amides is 1. The fourth-order valence-corrected chi connectivity index (χ4v) is 3.37. The van der Waals surface area contributed by atoms with Gasteiger partial charge in [0, 0.05) is 33.9 Å². The molecule has 1 fully saturated rings. The predicted molar refractivity (Wildman–Crippen MR) is 88.7 cm³/mol. The van der Waals surface area contributed by atoms with E-state index in [1.807, 2.05) is 19.1 Å². The summed E-state index contributed by atoms with van der Waals surface area (Å²) in [7, 11) is 0. The molecule has 1 aliphatic rings. The van der Waals surface area contributed by atoms with Crippen molar-refractivity contribution in [2.75, 3.05) is 0 Å². The number of hydrogen-bond donors (Lipinski definition) is 1. The Labute approximate surface area is 139 Å². The van der Waals surface area contributed by atoms with Crippen LogP contribution in [0.1, 0.15) is 40.4 Å². The number of hydrogen-bond acceptors (Lipinski definition) is 2.